The number of hydrogen-bond acceptors (Lipinski definition) is 3. The van der Waals surface area contributed by atoms with Crippen LogP contribution in [0, 0.1) is 5.92 Å². The van der Waals surface area contributed by atoms with Crippen LogP contribution in [0.3, 0.4) is 0 Å². The molecule has 0 aliphatic carbocycles. The Hall–Kier alpha value is -1.55. The van der Waals surface area contributed by atoms with E-state index < -0.39 is 5.97 Å². The molecule has 1 aromatic carbocycles. The molecule has 0 unspecified atom stereocenters. The third-order valence-electron chi connectivity index (χ3n) is 3.48. The number of carboxylic acid groups (broad SMARTS) is 1. The van der Waals surface area contributed by atoms with E-state index in [2.05, 4.69) is 25.8 Å². The second kappa shape index (κ2) is 4.98. The van der Waals surface area contributed by atoms with E-state index in [1.165, 1.54) is 0 Å². The van der Waals surface area contributed by atoms with E-state index in [-0.39, 0.29) is 5.56 Å². The molecule has 2 rings (SSSR count). The molecule has 0 radical (unpaired) electrons. The average molecular weight is 249 g/mol. The zero-order valence-corrected chi connectivity index (χ0v) is 11.0. The Morgan fingerprint density at radius 2 is 2.22 bits per heavy atom. The number of rotatable bonds is 2. The number of nitrogens with zero attached hydrogens (tertiary/aromatic N) is 1. The van der Waals surface area contributed by atoms with Gasteiger partial charge in [-0.2, -0.15) is 0 Å². The summed E-state index contributed by atoms with van der Waals surface area (Å²) >= 11 is 0. The Morgan fingerprint density at radius 3 is 2.83 bits per heavy atom. The van der Waals surface area contributed by atoms with Gasteiger partial charge in [0.25, 0.3) is 0 Å². The van der Waals surface area contributed by atoms with E-state index in [1.807, 2.05) is 6.07 Å². The smallest absolute Gasteiger partial charge is 0.335 e. The molecule has 4 nitrogen and oxygen atoms in total. The first-order valence-corrected chi connectivity index (χ1v) is 6.18. The number of likely N-dealkylation sites (N-methyl/N-ethyl adjacent to an activating group) is 1. The Balaban J connectivity index is 2.29. The molecular formula is C14H19NO3. The lowest BCUT2D eigenvalue weighted by molar-refractivity contribution is 0.0696. The highest BCUT2D eigenvalue weighted by molar-refractivity contribution is 5.88. The summed E-state index contributed by atoms with van der Waals surface area (Å²) in [5, 5.41) is 8.98. The SMILES string of the molecule is CC(C)[C@H]1COc2cc(C(=O)O)ccc2CN1C. The molecule has 1 N–H and O–H groups in total. The second-order valence-corrected chi connectivity index (χ2v) is 5.17. The van der Waals surface area contributed by atoms with Crippen LogP contribution in [0.5, 0.6) is 5.75 Å². The van der Waals surface area contributed by atoms with Gasteiger partial charge in [0.1, 0.15) is 12.4 Å². The van der Waals surface area contributed by atoms with Gasteiger partial charge in [0.05, 0.1) is 5.56 Å². The van der Waals surface area contributed by atoms with Gasteiger partial charge in [0.2, 0.25) is 0 Å². The third-order valence-corrected chi connectivity index (χ3v) is 3.48. The topological polar surface area (TPSA) is 49.8 Å². The fourth-order valence-electron chi connectivity index (χ4n) is 2.34. The van der Waals surface area contributed by atoms with Crippen LogP contribution < -0.4 is 4.74 Å². The molecule has 18 heavy (non-hydrogen) atoms. The summed E-state index contributed by atoms with van der Waals surface area (Å²) in [5.41, 5.74) is 1.32. The Kier molecular flexibility index (Phi) is 3.57. The maximum Gasteiger partial charge on any atom is 0.335 e. The third kappa shape index (κ3) is 2.48. The van der Waals surface area contributed by atoms with E-state index in [4.69, 9.17) is 9.84 Å². The fraction of sp³-hybridized carbons (Fsp3) is 0.500. The van der Waals surface area contributed by atoms with Crippen molar-refractivity contribution < 1.29 is 14.6 Å². The summed E-state index contributed by atoms with van der Waals surface area (Å²) in [6.45, 7) is 5.73. The quantitative estimate of drug-likeness (QED) is 0.873. The summed E-state index contributed by atoms with van der Waals surface area (Å²) in [4.78, 5) is 13.2. The number of benzene rings is 1. The molecule has 0 bridgehead atoms. The Labute approximate surface area is 107 Å². The highest BCUT2D eigenvalue weighted by Gasteiger charge is 2.24. The fourth-order valence-corrected chi connectivity index (χ4v) is 2.34. The first-order valence-electron chi connectivity index (χ1n) is 6.18. The lowest BCUT2D eigenvalue weighted by Crippen LogP contribution is -2.38. The molecule has 1 atom stereocenters. The largest absolute Gasteiger partial charge is 0.492 e. The second-order valence-electron chi connectivity index (χ2n) is 5.17. The standard InChI is InChI=1S/C14H19NO3/c1-9(2)12-8-18-13-6-10(14(16)17)4-5-11(13)7-15(12)3/h4-6,9,12H,7-8H2,1-3H3,(H,16,17)/t12-/m1/s1. The molecule has 4 heteroatoms. The minimum Gasteiger partial charge on any atom is -0.492 e. The maximum absolute atomic E-state index is 10.9. The molecule has 98 valence electrons. The Morgan fingerprint density at radius 1 is 1.50 bits per heavy atom. The molecule has 0 aromatic heterocycles. The van der Waals surface area contributed by atoms with Crippen molar-refractivity contribution in [3.63, 3.8) is 0 Å². The van der Waals surface area contributed by atoms with Gasteiger partial charge in [-0.1, -0.05) is 19.9 Å². The van der Waals surface area contributed by atoms with Crippen molar-refractivity contribution in [2.75, 3.05) is 13.7 Å². The minimum atomic E-state index is -0.917. The van der Waals surface area contributed by atoms with Crippen LogP contribution in [0.25, 0.3) is 0 Å². The molecule has 1 aromatic rings. The number of aromatic carboxylic acids is 1. The number of carbonyl (C=O) groups is 1. The number of hydrogen-bond donors (Lipinski definition) is 1. The van der Waals surface area contributed by atoms with Gasteiger partial charge in [-0.25, -0.2) is 4.79 Å². The lowest BCUT2D eigenvalue weighted by atomic mass is 10.0. The molecule has 0 amide bonds. The summed E-state index contributed by atoms with van der Waals surface area (Å²) in [6, 6.07) is 5.45. The van der Waals surface area contributed by atoms with Gasteiger partial charge in [0.15, 0.2) is 0 Å². The minimum absolute atomic E-state index is 0.277. The highest BCUT2D eigenvalue weighted by atomic mass is 16.5. The predicted octanol–water partition coefficient (Wildman–Crippen LogP) is 2.23. The van der Waals surface area contributed by atoms with Crippen LogP contribution in [0.1, 0.15) is 29.8 Å². The molecule has 0 fully saturated rings. The molecule has 0 spiro atoms. The van der Waals surface area contributed by atoms with Crippen LogP contribution in [0.4, 0.5) is 0 Å². The summed E-state index contributed by atoms with van der Waals surface area (Å²) < 4.78 is 5.78. The van der Waals surface area contributed by atoms with Crippen LogP contribution in [-0.2, 0) is 6.54 Å². The zero-order chi connectivity index (χ0) is 13.3. The lowest BCUT2D eigenvalue weighted by Gasteiger charge is -2.27. The van der Waals surface area contributed by atoms with Crippen molar-refractivity contribution in [1.82, 2.24) is 4.90 Å². The van der Waals surface area contributed by atoms with Gasteiger partial charge in [-0.15, -0.1) is 0 Å². The Bertz CT molecular complexity index is 456. The van der Waals surface area contributed by atoms with Crippen molar-refractivity contribution in [2.45, 2.75) is 26.4 Å². The van der Waals surface area contributed by atoms with E-state index in [0.29, 0.717) is 24.3 Å². The maximum atomic E-state index is 10.9. The van der Waals surface area contributed by atoms with Crippen molar-refractivity contribution in [2.24, 2.45) is 5.92 Å². The van der Waals surface area contributed by atoms with Crippen LogP contribution in [-0.4, -0.2) is 35.7 Å². The van der Waals surface area contributed by atoms with Crippen LogP contribution in [0.15, 0.2) is 18.2 Å². The van der Waals surface area contributed by atoms with Crippen molar-refractivity contribution in [1.29, 1.82) is 0 Å². The van der Waals surface area contributed by atoms with Crippen LogP contribution >= 0.6 is 0 Å². The monoisotopic (exact) mass is 249 g/mol. The van der Waals surface area contributed by atoms with E-state index in [1.54, 1.807) is 12.1 Å². The van der Waals surface area contributed by atoms with E-state index in [0.717, 1.165) is 12.1 Å². The average Bonchev–Trinajstić information content (AvgIpc) is 2.46. The summed E-state index contributed by atoms with van der Waals surface area (Å²) in [5.74, 6) is 0.285. The summed E-state index contributed by atoms with van der Waals surface area (Å²) in [7, 11) is 2.08. The van der Waals surface area contributed by atoms with Crippen molar-refractivity contribution >= 4 is 5.97 Å². The van der Waals surface area contributed by atoms with E-state index in [9.17, 15) is 4.79 Å². The van der Waals surface area contributed by atoms with Gasteiger partial charge >= 0.3 is 5.97 Å². The summed E-state index contributed by atoms with van der Waals surface area (Å²) in [6.07, 6.45) is 0. The predicted molar refractivity (Wildman–Crippen MR) is 69.0 cm³/mol. The van der Waals surface area contributed by atoms with E-state index >= 15 is 0 Å². The van der Waals surface area contributed by atoms with Gasteiger partial charge in [-0.05, 0) is 25.1 Å². The van der Waals surface area contributed by atoms with Crippen LogP contribution in [0.2, 0.25) is 0 Å². The van der Waals surface area contributed by atoms with Gasteiger partial charge in [0, 0.05) is 18.2 Å². The first kappa shape index (κ1) is 12.9. The normalized spacial score (nSPS) is 20.1. The van der Waals surface area contributed by atoms with Gasteiger partial charge < -0.3 is 9.84 Å². The van der Waals surface area contributed by atoms with Crippen molar-refractivity contribution in [3.8, 4) is 5.75 Å². The van der Waals surface area contributed by atoms with Crippen molar-refractivity contribution in [3.05, 3.63) is 29.3 Å². The number of fused-ring (bicyclic) bond motifs is 1. The molecule has 1 heterocycles. The highest BCUT2D eigenvalue weighted by Crippen LogP contribution is 2.27. The number of ether oxygens (including phenoxy) is 1. The molecular weight excluding hydrogens is 230 g/mol. The first-order chi connectivity index (χ1) is 8.49. The molecule has 1 aliphatic heterocycles. The zero-order valence-electron chi connectivity index (χ0n) is 11.0. The van der Waals surface area contributed by atoms with Gasteiger partial charge in [-0.3, -0.25) is 4.90 Å². The molecule has 0 saturated heterocycles. The molecule has 0 saturated carbocycles. The molecule has 1 aliphatic rings. The number of carboxylic acids is 1.